The van der Waals surface area contributed by atoms with E-state index in [1.54, 1.807) is 26.8 Å². The van der Waals surface area contributed by atoms with Crippen LogP contribution in [0.1, 0.15) is 39.4 Å². The van der Waals surface area contributed by atoms with E-state index in [9.17, 15) is 9.59 Å². The highest BCUT2D eigenvalue weighted by atomic mass is 32.1. The largest absolute Gasteiger partial charge is 0.462 e. The molecule has 2 N–H and O–H groups in total. The lowest BCUT2D eigenvalue weighted by atomic mass is 10.1. The van der Waals surface area contributed by atoms with E-state index in [0.717, 1.165) is 11.3 Å². The predicted octanol–water partition coefficient (Wildman–Crippen LogP) is 2.88. The topological polar surface area (TPSA) is 76.7 Å². The first-order valence-electron chi connectivity index (χ1n) is 7.09. The van der Waals surface area contributed by atoms with Gasteiger partial charge in [0.05, 0.1) is 18.8 Å². The van der Waals surface area contributed by atoms with Gasteiger partial charge in [0.2, 0.25) is 0 Å². The third kappa shape index (κ3) is 5.04. The molecule has 6 nitrogen and oxygen atoms in total. The molecule has 0 fully saturated rings. The lowest BCUT2D eigenvalue weighted by molar-refractivity contribution is 0.0527. The predicted molar refractivity (Wildman–Crippen MR) is 95.4 cm³/mol. The third-order valence-electron chi connectivity index (χ3n) is 2.72. The van der Waals surface area contributed by atoms with Crippen molar-refractivity contribution in [3.63, 3.8) is 0 Å². The Kier molecular flexibility index (Phi) is 7.70. The zero-order valence-electron chi connectivity index (χ0n) is 13.4. The fourth-order valence-electron chi connectivity index (χ4n) is 1.75. The monoisotopic (exact) mass is 356 g/mol. The second-order valence-electron chi connectivity index (χ2n) is 4.32. The van der Waals surface area contributed by atoms with Crippen LogP contribution in [0, 0.1) is 6.92 Å². The first-order chi connectivity index (χ1) is 11.0. The number of thiocarbonyl (C=S) groups is 1. The number of hydrogen-bond donors (Lipinski definition) is 2. The van der Waals surface area contributed by atoms with Crippen LogP contribution in [0.5, 0.6) is 0 Å². The highest BCUT2D eigenvalue weighted by Gasteiger charge is 2.26. The Morgan fingerprint density at radius 3 is 2.43 bits per heavy atom. The molecular formula is C15H20N2O4S2. The van der Waals surface area contributed by atoms with Crippen molar-refractivity contribution in [2.24, 2.45) is 0 Å². The summed E-state index contributed by atoms with van der Waals surface area (Å²) in [6, 6.07) is 0. The van der Waals surface area contributed by atoms with Gasteiger partial charge in [-0.2, -0.15) is 0 Å². The van der Waals surface area contributed by atoms with Gasteiger partial charge < -0.3 is 20.1 Å². The summed E-state index contributed by atoms with van der Waals surface area (Å²) in [7, 11) is 0. The molecule has 0 atom stereocenters. The molecule has 0 amide bonds. The Hall–Kier alpha value is -1.93. The molecule has 0 saturated heterocycles. The minimum absolute atomic E-state index is 0.238. The van der Waals surface area contributed by atoms with Crippen molar-refractivity contribution in [3.8, 4) is 0 Å². The summed E-state index contributed by atoms with van der Waals surface area (Å²) in [5.74, 6) is -0.982. The molecular weight excluding hydrogens is 336 g/mol. The quantitative estimate of drug-likeness (QED) is 0.442. The summed E-state index contributed by atoms with van der Waals surface area (Å²) in [5.41, 5.74) is 0.809. The van der Waals surface area contributed by atoms with Crippen LogP contribution < -0.4 is 10.6 Å². The van der Waals surface area contributed by atoms with E-state index < -0.39 is 11.9 Å². The molecule has 0 aliphatic carbocycles. The van der Waals surface area contributed by atoms with E-state index in [2.05, 4.69) is 17.2 Å². The molecule has 1 rings (SSSR count). The lowest BCUT2D eigenvalue weighted by Gasteiger charge is -2.09. The maximum atomic E-state index is 12.2. The molecule has 1 heterocycles. The molecule has 1 aromatic heterocycles. The molecule has 8 heteroatoms. The van der Waals surface area contributed by atoms with E-state index in [4.69, 9.17) is 21.7 Å². The number of carbonyl (C=O) groups excluding carboxylic acids is 2. The summed E-state index contributed by atoms with van der Waals surface area (Å²) < 4.78 is 10.1. The number of rotatable bonds is 7. The SMILES string of the molecule is C=CCNC(=S)Nc1sc(C(=O)OCC)c(C)c1C(=O)OCC. The van der Waals surface area contributed by atoms with Crippen LogP contribution in [-0.4, -0.2) is 36.8 Å². The second-order valence-corrected chi connectivity index (χ2v) is 5.75. The molecule has 0 spiro atoms. The van der Waals surface area contributed by atoms with Gasteiger partial charge >= 0.3 is 11.9 Å². The first kappa shape index (κ1) is 19.1. The molecule has 0 aliphatic rings. The van der Waals surface area contributed by atoms with Crippen molar-refractivity contribution < 1.29 is 19.1 Å². The zero-order valence-corrected chi connectivity index (χ0v) is 15.0. The molecule has 0 radical (unpaired) electrons. The summed E-state index contributed by atoms with van der Waals surface area (Å²) in [6.07, 6.45) is 1.66. The minimum atomic E-state index is -0.509. The molecule has 1 aromatic rings. The Morgan fingerprint density at radius 2 is 1.87 bits per heavy atom. The van der Waals surface area contributed by atoms with Crippen molar-refractivity contribution in [1.29, 1.82) is 0 Å². The Labute approximate surface area is 144 Å². The van der Waals surface area contributed by atoms with Crippen LogP contribution in [0.15, 0.2) is 12.7 Å². The van der Waals surface area contributed by atoms with Crippen molar-refractivity contribution in [2.75, 3.05) is 25.1 Å². The fraction of sp³-hybridized carbons (Fsp3) is 0.400. The summed E-state index contributed by atoms with van der Waals surface area (Å²) in [6.45, 7) is 9.69. The first-order valence-corrected chi connectivity index (χ1v) is 8.32. The van der Waals surface area contributed by atoms with Gasteiger partial charge in [-0.1, -0.05) is 6.08 Å². The van der Waals surface area contributed by atoms with Crippen molar-refractivity contribution >= 4 is 45.6 Å². The van der Waals surface area contributed by atoms with E-state index in [-0.39, 0.29) is 13.2 Å². The van der Waals surface area contributed by atoms with Crippen LogP contribution in [0.2, 0.25) is 0 Å². The average Bonchev–Trinajstić information content (AvgIpc) is 2.82. The number of anilines is 1. The summed E-state index contributed by atoms with van der Waals surface area (Å²) >= 11 is 6.26. The molecule has 23 heavy (non-hydrogen) atoms. The maximum absolute atomic E-state index is 12.2. The number of esters is 2. The van der Waals surface area contributed by atoms with E-state index >= 15 is 0 Å². The van der Waals surface area contributed by atoms with Crippen LogP contribution in [-0.2, 0) is 9.47 Å². The normalized spacial score (nSPS) is 9.87. The zero-order chi connectivity index (χ0) is 17.4. The number of nitrogens with one attached hydrogen (secondary N) is 2. The van der Waals surface area contributed by atoms with Crippen LogP contribution >= 0.6 is 23.6 Å². The molecule has 0 aromatic carbocycles. The van der Waals surface area contributed by atoms with E-state index in [1.165, 1.54) is 0 Å². The lowest BCUT2D eigenvalue weighted by Crippen LogP contribution is -2.28. The number of thiophene rings is 1. The van der Waals surface area contributed by atoms with E-state index in [1.807, 2.05) is 0 Å². The highest BCUT2D eigenvalue weighted by Crippen LogP contribution is 2.34. The van der Waals surface area contributed by atoms with Gasteiger partial charge in [0, 0.05) is 6.54 Å². The number of carbonyl (C=O) groups is 2. The minimum Gasteiger partial charge on any atom is -0.462 e. The molecule has 0 unspecified atom stereocenters. The highest BCUT2D eigenvalue weighted by molar-refractivity contribution is 7.80. The van der Waals surface area contributed by atoms with Crippen molar-refractivity contribution in [2.45, 2.75) is 20.8 Å². The average molecular weight is 356 g/mol. The molecule has 0 aliphatic heterocycles. The molecule has 126 valence electrons. The number of hydrogen-bond acceptors (Lipinski definition) is 6. The molecule has 0 saturated carbocycles. The van der Waals surface area contributed by atoms with Gasteiger partial charge in [0.25, 0.3) is 0 Å². The van der Waals surface area contributed by atoms with Gasteiger partial charge in [-0.3, -0.25) is 0 Å². The summed E-state index contributed by atoms with van der Waals surface area (Å²) in [4.78, 5) is 24.6. The summed E-state index contributed by atoms with van der Waals surface area (Å²) in [5, 5.41) is 6.60. The molecule has 0 bridgehead atoms. The van der Waals surface area contributed by atoms with Gasteiger partial charge in [0.1, 0.15) is 9.88 Å². The van der Waals surface area contributed by atoms with Gasteiger partial charge in [0.15, 0.2) is 5.11 Å². The van der Waals surface area contributed by atoms with Crippen molar-refractivity contribution in [1.82, 2.24) is 5.32 Å². The standard InChI is InChI=1S/C15H20N2O4S2/c1-5-8-16-15(22)17-12-10(13(18)20-6-2)9(4)11(23-12)14(19)21-7-3/h5H,1,6-8H2,2-4H3,(H2,16,17,22). The third-order valence-corrected chi connectivity index (χ3v) is 4.15. The Balaban J connectivity index is 3.17. The maximum Gasteiger partial charge on any atom is 0.348 e. The fourth-order valence-corrected chi connectivity index (χ4v) is 3.10. The van der Waals surface area contributed by atoms with Crippen LogP contribution in [0.25, 0.3) is 0 Å². The Bertz CT molecular complexity index is 611. The van der Waals surface area contributed by atoms with Crippen molar-refractivity contribution in [3.05, 3.63) is 28.7 Å². The Morgan fingerprint density at radius 1 is 1.26 bits per heavy atom. The van der Waals surface area contributed by atoms with Crippen LogP contribution in [0.3, 0.4) is 0 Å². The smallest absolute Gasteiger partial charge is 0.348 e. The number of ether oxygens (including phenoxy) is 2. The van der Waals surface area contributed by atoms with Gasteiger partial charge in [-0.25, -0.2) is 9.59 Å². The van der Waals surface area contributed by atoms with E-state index in [0.29, 0.717) is 32.7 Å². The second kappa shape index (κ2) is 9.26. The van der Waals surface area contributed by atoms with Gasteiger partial charge in [-0.15, -0.1) is 17.9 Å². The van der Waals surface area contributed by atoms with Gasteiger partial charge in [-0.05, 0) is 38.6 Å². The van der Waals surface area contributed by atoms with Crippen LogP contribution in [0.4, 0.5) is 5.00 Å².